The fourth-order valence-corrected chi connectivity index (χ4v) is 3.44. The first-order chi connectivity index (χ1) is 8.64. The van der Waals surface area contributed by atoms with Crippen LogP contribution in [-0.2, 0) is 5.41 Å². The zero-order valence-corrected chi connectivity index (χ0v) is 10.6. The quantitative estimate of drug-likeness (QED) is 0.448. The highest BCUT2D eigenvalue weighted by molar-refractivity contribution is 5.97. The van der Waals surface area contributed by atoms with Crippen molar-refractivity contribution < 1.29 is 4.79 Å². The first-order valence-electron chi connectivity index (χ1n) is 6.46. The van der Waals surface area contributed by atoms with Crippen LogP contribution in [0.1, 0.15) is 42.1 Å². The lowest BCUT2D eigenvalue weighted by Crippen LogP contribution is -2.20. The molecule has 2 bridgehead atoms. The van der Waals surface area contributed by atoms with Crippen LogP contribution in [0, 0.1) is 5.92 Å². The minimum absolute atomic E-state index is 0.103. The number of aliphatic imine (C=N–C) groups is 1. The van der Waals surface area contributed by atoms with E-state index in [2.05, 4.69) is 29.9 Å². The number of benzene rings is 1. The number of fused-ring (bicyclic) bond motifs is 2. The van der Waals surface area contributed by atoms with Gasteiger partial charge in [0.1, 0.15) is 0 Å². The van der Waals surface area contributed by atoms with Gasteiger partial charge in [-0.2, -0.15) is 0 Å². The molecule has 2 heteroatoms. The van der Waals surface area contributed by atoms with E-state index in [4.69, 9.17) is 0 Å². The molecule has 0 saturated heterocycles. The van der Waals surface area contributed by atoms with Crippen LogP contribution in [-0.4, -0.2) is 12.5 Å². The van der Waals surface area contributed by atoms with Crippen molar-refractivity contribution in [3.8, 4) is 0 Å². The fourth-order valence-electron chi connectivity index (χ4n) is 3.44. The standard InChI is InChI=1S/C16H17NO/c1-11(18)14-9-13(17-2)3-4-15(14)16-7-5-12(10-16)6-8-16/h3-5,7,9,12H,2,6,8,10H2,1H3/t12?,16-/m0/s1. The topological polar surface area (TPSA) is 29.4 Å². The number of carbonyl (C=O) groups is 1. The van der Waals surface area contributed by atoms with Gasteiger partial charge in [-0.3, -0.25) is 9.79 Å². The van der Waals surface area contributed by atoms with Crippen LogP contribution < -0.4 is 0 Å². The van der Waals surface area contributed by atoms with Gasteiger partial charge >= 0.3 is 0 Å². The lowest BCUT2D eigenvalue weighted by atomic mass is 9.77. The minimum atomic E-state index is 0.103. The zero-order valence-electron chi connectivity index (χ0n) is 10.6. The lowest BCUT2D eigenvalue weighted by molar-refractivity contribution is 0.101. The van der Waals surface area contributed by atoms with Crippen LogP contribution >= 0.6 is 0 Å². The summed E-state index contributed by atoms with van der Waals surface area (Å²) in [4.78, 5) is 15.8. The van der Waals surface area contributed by atoms with Gasteiger partial charge < -0.3 is 0 Å². The number of nitrogens with zero attached hydrogens (tertiary/aromatic N) is 1. The van der Waals surface area contributed by atoms with E-state index in [-0.39, 0.29) is 11.2 Å². The van der Waals surface area contributed by atoms with Crippen molar-refractivity contribution in [3.05, 3.63) is 41.5 Å². The van der Waals surface area contributed by atoms with Crippen molar-refractivity contribution in [2.45, 2.75) is 31.6 Å². The van der Waals surface area contributed by atoms with E-state index >= 15 is 0 Å². The van der Waals surface area contributed by atoms with Crippen LogP contribution in [0.15, 0.2) is 35.3 Å². The maximum Gasteiger partial charge on any atom is 0.160 e. The highest BCUT2D eigenvalue weighted by Crippen LogP contribution is 2.51. The predicted molar refractivity (Wildman–Crippen MR) is 73.8 cm³/mol. The van der Waals surface area contributed by atoms with Crippen molar-refractivity contribution >= 4 is 18.2 Å². The smallest absolute Gasteiger partial charge is 0.160 e. The average Bonchev–Trinajstić information content (AvgIpc) is 2.99. The van der Waals surface area contributed by atoms with Crippen LogP contribution in [0.3, 0.4) is 0 Å². The molecule has 0 aromatic heterocycles. The Hall–Kier alpha value is -1.70. The maximum atomic E-state index is 11.9. The Kier molecular flexibility index (Phi) is 2.47. The molecule has 1 unspecified atom stereocenters. The monoisotopic (exact) mass is 239 g/mol. The molecule has 1 aromatic carbocycles. The summed E-state index contributed by atoms with van der Waals surface area (Å²) in [7, 11) is 0. The molecule has 0 amide bonds. The second-order valence-corrected chi connectivity index (χ2v) is 5.46. The minimum Gasteiger partial charge on any atom is -0.294 e. The van der Waals surface area contributed by atoms with Crippen molar-refractivity contribution in [2.75, 3.05) is 0 Å². The van der Waals surface area contributed by atoms with Crippen LogP contribution in [0.4, 0.5) is 5.69 Å². The summed E-state index contributed by atoms with van der Waals surface area (Å²) in [5.74, 6) is 0.829. The van der Waals surface area contributed by atoms with Crippen LogP contribution in [0.2, 0.25) is 0 Å². The third kappa shape index (κ3) is 1.56. The predicted octanol–water partition coefficient (Wildman–Crippen LogP) is 3.83. The van der Waals surface area contributed by atoms with E-state index < -0.39 is 0 Å². The van der Waals surface area contributed by atoms with E-state index in [0.717, 1.165) is 24.1 Å². The molecular formula is C16H17NO. The number of hydrogen-bond acceptors (Lipinski definition) is 2. The van der Waals surface area contributed by atoms with E-state index in [9.17, 15) is 4.79 Å². The van der Waals surface area contributed by atoms with E-state index in [1.54, 1.807) is 6.92 Å². The van der Waals surface area contributed by atoms with Gasteiger partial charge in [0.2, 0.25) is 0 Å². The van der Waals surface area contributed by atoms with E-state index in [1.165, 1.54) is 12.0 Å². The first kappa shape index (κ1) is 11.4. The molecule has 1 aromatic rings. The van der Waals surface area contributed by atoms with Crippen LogP contribution in [0.5, 0.6) is 0 Å². The molecule has 0 spiro atoms. The van der Waals surface area contributed by atoms with Gasteiger partial charge in [0.15, 0.2) is 5.78 Å². The number of allylic oxidation sites excluding steroid dienone is 2. The van der Waals surface area contributed by atoms with Gasteiger partial charge in [-0.15, -0.1) is 0 Å². The molecule has 0 heterocycles. The number of hydrogen-bond donors (Lipinski definition) is 0. The van der Waals surface area contributed by atoms with Gasteiger partial charge in [0.25, 0.3) is 0 Å². The van der Waals surface area contributed by atoms with Gasteiger partial charge in [-0.25, -0.2) is 0 Å². The number of Topliss-reactive ketones (excluding diaryl/α,β-unsaturated/α-hetero) is 1. The molecule has 0 N–H and O–H groups in total. The highest BCUT2D eigenvalue weighted by atomic mass is 16.1. The Bertz CT molecular complexity index is 558. The molecular weight excluding hydrogens is 222 g/mol. The molecule has 0 aliphatic heterocycles. The third-order valence-corrected chi connectivity index (χ3v) is 4.38. The molecule has 2 aliphatic rings. The largest absolute Gasteiger partial charge is 0.294 e. The van der Waals surface area contributed by atoms with Crippen molar-refractivity contribution in [1.82, 2.24) is 0 Å². The van der Waals surface area contributed by atoms with Gasteiger partial charge in [0, 0.05) is 11.0 Å². The Morgan fingerprint density at radius 2 is 2.33 bits per heavy atom. The fraction of sp³-hybridized carbons (Fsp3) is 0.375. The van der Waals surface area contributed by atoms with E-state index in [1.807, 2.05) is 12.1 Å². The summed E-state index contributed by atoms with van der Waals surface area (Å²) >= 11 is 0. The summed E-state index contributed by atoms with van der Waals surface area (Å²) < 4.78 is 0. The Morgan fingerprint density at radius 3 is 2.83 bits per heavy atom. The molecule has 18 heavy (non-hydrogen) atoms. The normalized spacial score (nSPS) is 28.6. The maximum absolute atomic E-state index is 11.9. The second kappa shape index (κ2) is 3.91. The number of rotatable bonds is 3. The third-order valence-electron chi connectivity index (χ3n) is 4.38. The molecule has 2 aliphatic carbocycles. The summed E-state index contributed by atoms with van der Waals surface area (Å²) in [5, 5.41) is 0. The first-order valence-corrected chi connectivity index (χ1v) is 6.46. The molecule has 92 valence electrons. The molecule has 3 rings (SSSR count). The van der Waals surface area contributed by atoms with Gasteiger partial charge in [-0.1, -0.05) is 18.2 Å². The number of carbonyl (C=O) groups excluding carboxylic acids is 1. The van der Waals surface area contributed by atoms with Gasteiger partial charge in [-0.05, 0) is 56.5 Å². The summed E-state index contributed by atoms with van der Waals surface area (Å²) in [6, 6.07) is 5.90. The van der Waals surface area contributed by atoms with Crippen molar-refractivity contribution in [2.24, 2.45) is 10.9 Å². The lowest BCUT2D eigenvalue weighted by Gasteiger charge is -2.26. The molecule has 1 fully saturated rings. The average molecular weight is 239 g/mol. The Labute approximate surface area is 107 Å². The second-order valence-electron chi connectivity index (χ2n) is 5.46. The van der Waals surface area contributed by atoms with Crippen molar-refractivity contribution in [3.63, 3.8) is 0 Å². The van der Waals surface area contributed by atoms with Gasteiger partial charge in [0.05, 0.1) is 5.69 Å². The molecule has 2 atom stereocenters. The van der Waals surface area contributed by atoms with Crippen LogP contribution in [0.25, 0.3) is 0 Å². The zero-order chi connectivity index (χ0) is 12.8. The molecule has 0 radical (unpaired) electrons. The Balaban J connectivity index is 2.14. The number of ketones is 1. The van der Waals surface area contributed by atoms with E-state index in [0.29, 0.717) is 5.92 Å². The highest BCUT2D eigenvalue weighted by Gasteiger charge is 2.43. The summed E-state index contributed by atoms with van der Waals surface area (Å²) in [5.41, 5.74) is 2.87. The Morgan fingerprint density at radius 1 is 1.50 bits per heavy atom. The summed E-state index contributed by atoms with van der Waals surface area (Å²) in [6.07, 6.45) is 8.19. The summed E-state index contributed by atoms with van der Waals surface area (Å²) in [6.45, 7) is 5.16. The van der Waals surface area contributed by atoms with Crippen molar-refractivity contribution in [1.29, 1.82) is 0 Å². The molecule has 2 nitrogen and oxygen atoms in total. The SMILES string of the molecule is C=Nc1ccc([C@@]23C=CC(CC2)C3)c(C(C)=O)c1. The molecule has 1 saturated carbocycles.